The molecule has 1 N–H and O–H groups in total. The number of hydrogen-bond donors (Lipinski definition) is 1. The Labute approximate surface area is 126 Å². The van der Waals surface area contributed by atoms with Crippen LogP contribution < -0.4 is 0 Å². The fourth-order valence-electron chi connectivity index (χ4n) is 2.28. The van der Waals surface area contributed by atoms with Crippen LogP contribution in [0.15, 0.2) is 53.6 Å². The van der Waals surface area contributed by atoms with E-state index in [1.54, 1.807) is 30.1 Å². The van der Waals surface area contributed by atoms with E-state index in [1.807, 2.05) is 36.6 Å². The quantitative estimate of drug-likeness (QED) is 0.586. The van der Waals surface area contributed by atoms with E-state index in [-0.39, 0.29) is 5.78 Å². The van der Waals surface area contributed by atoms with E-state index < -0.39 is 0 Å². The Balaban J connectivity index is 2.06. The number of aromatic nitrogens is 1. The summed E-state index contributed by atoms with van der Waals surface area (Å²) in [5.41, 5.74) is 2.65. The van der Waals surface area contributed by atoms with Gasteiger partial charge in [-0.1, -0.05) is 0 Å². The van der Waals surface area contributed by atoms with Crippen LogP contribution in [-0.4, -0.2) is 17.0 Å². The Kier molecular flexibility index (Phi) is 3.51. The number of nitrogens with zero attached hydrogens (tertiary/aromatic N) is 1. The van der Waals surface area contributed by atoms with Gasteiger partial charge >= 0.3 is 0 Å². The predicted molar refractivity (Wildman–Crippen MR) is 84.7 cm³/mol. The maximum atomic E-state index is 12.6. The molecule has 0 aliphatic rings. The first-order chi connectivity index (χ1) is 10.2. The molecule has 0 saturated heterocycles. The number of carbonyl (C=O) groups excluding carboxylic acids is 1. The molecule has 3 aromatic rings. The van der Waals surface area contributed by atoms with Gasteiger partial charge in [0.2, 0.25) is 0 Å². The zero-order chi connectivity index (χ0) is 14.8. The minimum Gasteiger partial charge on any atom is -0.360 e. The van der Waals surface area contributed by atoms with Crippen molar-refractivity contribution in [2.45, 2.75) is 4.90 Å². The average Bonchev–Trinajstić information content (AvgIpc) is 2.97. The number of fused-ring (bicyclic) bond motifs is 1. The highest BCUT2D eigenvalue weighted by Crippen LogP contribution is 2.23. The molecule has 0 unspecified atom stereocenters. The number of ketones is 1. The van der Waals surface area contributed by atoms with Crippen molar-refractivity contribution in [3.05, 3.63) is 65.4 Å². The molecule has 0 spiro atoms. The van der Waals surface area contributed by atoms with Crippen LogP contribution in [0.25, 0.3) is 10.9 Å². The first kappa shape index (κ1) is 13.5. The van der Waals surface area contributed by atoms with Crippen molar-refractivity contribution >= 4 is 28.4 Å². The SMILES string of the molecule is CSc1ccc(C(=O)c2c[nH]c3ccc(C#N)cc23)cc1. The molecule has 0 amide bonds. The number of carbonyl (C=O) groups is 1. The molecule has 0 fully saturated rings. The Hall–Kier alpha value is -2.51. The third kappa shape index (κ3) is 2.44. The van der Waals surface area contributed by atoms with Gasteiger partial charge in [-0.15, -0.1) is 11.8 Å². The molecule has 1 aromatic heterocycles. The maximum absolute atomic E-state index is 12.6. The molecule has 1 heterocycles. The van der Waals surface area contributed by atoms with E-state index in [9.17, 15) is 4.79 Å². The van der Waals surface area contributed by atoms with Crippen LogP contribution in [-0.2, 0) is 0 Å². The van der Waals surface area contributed by atoms with Gasteiger partial charge in [0.25, 0.3) is 0 Å². The van der Waals surface area contributed by atoms with Gasteiger partial charge in [0.15, 0.2) is 5.78 Å². The molecule has 0 aliphatic carbocycles. The van der Waals surface area contributed by atoms with Crippen molar-refractivity contribution in [3.8, 4) is 6.07 Å². The number of aromatic amines is 1. The highest BCUT2D eigenvalue weighted by Gasteiger charge is 2.14. The summed E-state index contributed by atoms with van der Waals surface area (Å²) in [5, 5.41) is 9.78. The second kappa shape index (κ2) is 5.47. The van der Waals surface area contributed by atoms with Gasteiger partial charge in [-0.2, -0.15) is 5.26 Å². The van der Waals surface area contributed by atoms with Crippen LogP contribution in [0.3, 0.4) is 0 Å². The predicted octanol–water partition coefficient (Wildman–Crippen LogP) is 3.99. The molecule has 0 radical (unpaired) electrons. The van der Waals surface area contributed by atoms with Crippen LogP contribution in [0.4, 0.5) is 0 Å². The molecular weight excluding hydrogens is 280 g/mol. The Morgan fingerprint density at radius 3 is 2.62 bits per heavy atom. The summed E-state index contributed by atoms with van der Waals surface area (Å²) in [7, 11) is 0. The monoisotopic (exact) mass is 292 g/mol. The van der Waals surface area contributed by atoms with E-state index in [0.717, 1.165) is 15.8 Å². The summed E-state index contributed by atoms with van der Waals surface area (Å²) in [6, 6.07) is 14.9. The van der Waals surface area contributed by atoms with Gasteiger partial charge < -0.3 is 4.98 Å². The van der Waals surface area contributed by atoms with E-state index in [1.165, 1.54) is 0 Å². The Morgan fingerprint density at radius 1 is 1.19 bits per heavy atom. The van der Waals surface area contributed by atoms with E-state index in [0.29, 0.717) is 16.7 Å². The van der Waals surface area contributed by atoms with Gasteiger partial charge in [-0.05, 0) is 48.7 Å². The minimum atomic E-state index is -0.0380. The van der Waals surface area contributed by atoms with Gasteiger partial charge in [0.05, 0.1) is 11.6 Å². The number of hydrogen-bond acceptors (Lipinski definition) is 3. The second-order valence-electron chi connectivity index (χ2n) is 4.63. The smallest absolute Gasteiger partial charge is 0.195 e. The zero-order valence-corrected chi connectivity index (χ0v) is 12.2. The van der Waals surface area contributed by atoms with Crippen LogP contribution in [0.5, 0.6) is 0 Å². The van der Waals surface area contributed by atoms with Crippen LogP contribution in [0.2, 0.25) is 0 Å². The lowest BCUT2D eigenvalue weighted by Gasteiger charge is -2.01. The van der Waals surface area contributed by atoms with Crippen LogP contribution in [0, 0.1) is 11.3 Å². The van der Waals surface area contributed by atoms with E-state index in [2.05, 4.69) is 11.1 Å². The molecule has 3 nitrogen and oxygen atoms in total. The third-order valence-electron chi connectivity index (χ3n) is 3.41. The highest BCUT2D eigenvalue weighted by atomic mass is 32.2. The molecule has 21 heavy (non-hydrogen) atoms. The van der Waals surface area contributed by atoms with Crippen molar-refractivity contribution in [1.29, 1.82) is 5.26 Å². The molecule has 2 aromatic carbocycles. The Bertz CT molecular complexity index is 857. The standard InChI is InChI=1S/C17H12N2OS/c1-21-13-5-3-12(4-6-13)17(20)15-10-19-16-7-2-11(9-18)8-14(15)16/h2-8,10,19H,1H3. The minimum absolute atomic E-state index is 0.0380. The molecule has 0 atom stereocenters. The van der Waals surface area contributed by atoms with Crippen molar-refractivity contribution in [2.24, 2.45) is 0 Å². The summed E-state index contributed by atoms with van der Waals surface area (Å²) in [5.74, 6) is -0.0380. The van der Waals surface area contributed by atoms with Gasteiger partial charge in [0.1, 0.15) is 0 Å². The molecular formula is C17H12N2OS. The first-order valence-electron chi connectivity index (χ1n) is 6.43. The fraction of sp³-hybridized carbons (Fsp3) is 0.0588. The normalized spacial score (nSPS) is 10.5. The van der Waals surface area contributed by atoms with Crippen LogP contribution >= 0.6 is 11.8 Å². The van der Waals surface area contributed by atoms with Crippen LogP contribution in [0.1, 0.15) is 21.5 Å². The lowest BCUT2D eigenvalue weighted by molar-refractivity contribution is 0.104. The summed E-state index contributed by atoms with van der Waals surface area (Å²) in [4.78, 5) is 16.8. The van der Waals surface area contributed by atoms with Crippen molar-refractivity contribution < 1.29 is 4.79 Å². The van der Waals surface area contributed by atoms with E-state index >= 15 is 0 Å². The van der Waals surface area contributed by atoms with Gasteiger partial charge in [-0.25, -0.2) is 0 Å². The zero-order valence-electron chi connectivity index (χ0n) is 11.4. The van der Waals surface area contributed by atoms with E-state index in [4.69, 9.17) is 5.26 Å². The summed E-state index contributed by atoms with van der Waals surface area (Å²) in [6.07, 6.45) is 3.70. The lowest BCUT2D eigenvalue weighted by atomic mass is 10.0. The van der Waals surface area contributed by atoms with Crippen molar-refractivity contribution in [1.82, 2.24) is 4.98 Å². The topological polar surface area (TPSA) is 56.6 Å². The van der Waals surface area contributed by atoms with Gasteiger partial charge in [-0.3, -0.25) is 4.79 Å². The summed E-state index contributed by atoms with van der Waals surface area (Å²) < 4.78 is 0. The maximum Gasteiger partial charge on any atom is 0.195 e. The van der Waals surface area contributed by atoms with Crippen molar-refractivity contribution in [2.75, 3.05) is 6.26 Å². The molecule has 3 rings (SSSR count). The van der Waals surface area contributed by atoms with Crippen molar-refractivity contribution in [3.63, 3.8) is 0 Å². The number of nitriles is 1. The Morgan fingerprint density at radius 2 is 1.95 bits per heavy atom. The molecule has 0 saturated carbocycles. The average molecular weight is 292 g/mol. The molecule has 0 aliphatic heterocycles. The molecule has 0 bridgehead atoms. The summed E-state index contributed by atoms with van der Waals surface area (Å²) >= 11 is 1.64. The fourth-order valence-corrected chi connectivity index (χ4v) is 2.68. The third-order valence-corrected chi connectivity index (χ3v) is 4.15. The lowest BCUT2D eigenvalue weighted by Crippen LogP contribution is -2.00. The summed E-state index contributed by atoms with van der Waals surface area (Å²) in [6.45, 7) is 0. The number of thioether (sulfide) groups is 1. The largest absolute Gasteiger partial charge is 0.360 e. The first-order valence-corrected chi connectivity index (χ1v) is 7.65. The number of benzene rings is 2. The number of nitrogens with one attached hydrogen (secondary N) is 1. The number of rotatable bonds is 3. The molecule has 4 heteroatoms. The second-order valence-corrected chi connectivity index (χ2v) is 5.51. The van der Waals surface area contributed by atoms with Gasteiger partial charge in [0, 0.05) is 33.1 Å². The number of H-pyrrole nitrogens is 1. The highest BCUT2D eigenvalue weighted by molar-refractivity contribution is 7.98. The molecule has 102 valence electrons.